The first-order valence-corrected chi connectivity index (χ1v) is 7.50. The fourth-order valence-electron chi connectivity index (χ4n) is 2.97. The number of rotatable bonds is 4. The molecular formula is C19H18O3. The largest absolute Gasteiger partial charge is 0.469 e. The molecule has 3 nitrogen and oxygen atoms in total. The van der Waals surface area contributed by atoms with Gasteiger partial charge >= 0.3 is 5.97 Å². The summed E-state index contributed by atoms with van der Waals surface area (Å²) in [5.74, 6) is -0.354. The second-order valence-corrected chi connectivity index (χ2v) is 5.53. The maximum absolute atomic E-state index is 12.2. The van der Waals surface area contributed by atoms with Gasteiger partial charge in [0.05, 0.1) is 13.5 Å². The minimum atomic E-state index is -0.347. The molecule has 1 aliphatic carbocycles. The lowest BCUT2D eigenvalue weighted by molar-refractivity contribution is -0.140. The zero-order valence-electron chi connectivity index (χ0n) is 12.6. The van der Waals surface area contributed by atoms with Crippen molar-refractivity contribution in [1.82, 2.24) is 0 Å². The monoisotopic (exact) mass is 294 g/mol. The Hall–Kier alpha value is -2.42. The summed E-state index contributed by atoms with van der Waals surface area (Å²) in [6.45, 7) is 0. The van der Waals surface area contributed by atoms with Gasteiger partial charge in [-0.3, -0.25) is 9.59 Å². The molecule has 0 aromatic heterocycles. The first-order chi connectivity index (χ1) is 10.7. The summed E-state index contributed by atoms with van der Waals surface area (Å²) in [6, 6.07) is 14.3. The highest BCUT2D eigenvalue weighted by Gasteiger charge is 2.17. The molecule has 112 valence electrons. The van der Waals surface area contributed by atoms with Crippen LogP contribution in [-0.2, 0) is 22.4 Å². The number of carbonyl (C=O) groups excluding carboxylic acids is 2. The fourth-order valence-corrected chi connectivity index (χ4v) is 2.97. The number of Topliss-reactive ketones (excluding diaryl/α,β-unsaturated/α-hetero) is 1. The third-order valence-corrected chi connectivity index (χ3v) is 4.18. The van der Waals surface area contributed by atoms with Gasteiger partial charge in [0.25, 0.3) is 0 Å². The van der Waals surface area contributed by atoms with Gasteiger partial charge in [-0.1, -0.05) is 36.4 Å². The van der Waals surface area contributed by atoms with E-state index in [0.29, 0.717) is 5.56 Å². The van der Waals surface area contributed by atoms with Gasteiger partial charge in [0, 0.05) is 12.0 Å². The number of esters is 1. The standard InChI is InChI=1S/C19H18O3/c1-22-19(21)11-10-18(20)15-8-9-17-14(12-15)7-6-13-4-2-3-5-16(13)17/h2-5,8-9,12H,6-7,10-11H2,1H3. The Morgan fingerprint density at radius 3 is 2.50 bits per heavy atom. The Morgan fingerprint density at radius 2 is 1.68 bits per heavy atom. The summed E-state index contributed by atoms with van der Waals surface area (Å²) < 4.78 is 4.57. The van der Waals surface area contributed by atoms with E-state index >= 15 is 0 Å². The molecule has 0 atom stereocenters. The summed E-state index contributed by atoms with van der Waals surface area (Å²) in [6.07, 6.45) is 2.28. The van der Waals surface area contributed by atoms with E-state index < -0.39 is 0 Å². The molecule has 0 unspecified atom stereocenters. The van der Waals surface area contributed by atoms with E-state index in [4.69, 9.17) is 0 Å². The van der Waals surface area contributed by atoms with Crippen molar-refractivity contribution < 1.29 is 14.3 Å². The van der Waals surface area contributed by atoms with E-state index in [1.54, 1.807) is 0 Å². The number of carbonyl (C=O) groups is 2. The molecule has 0 heterocycles. The van der Waals surface area contributed by atoms with Gasteiger partial charge in [-0.2, -0.15) is 0 Å². The fraction of sp³-hybridized carbons (Fsp3) is 0.263. The minimum Gasteiger partial charge on any atom is -0.469 e. The number of ether oxygens (including phenoxy) is 1. The van der Waals surface area contributed by atoms with Crippen molar-refractivity contribution in [2.24, 2.45) is 0 Å². The average molecular weight is 294 g/mol. The average Bonchev–Trinajstić information content (AvgIpc) is 2.58. The third kappa shape index (κ3) is 2.80. The third-order valence-electron chi connectivity index (χ3n) is 4.18. The van der Waals surface area contributed by atoms with Crippen LogP contribution >= 0.6 is 0 Å². The lowest BCUT2D eigenvalue weighted by Gasteiger charge is -2.20. The number of hydrogen-bond acceptors (Lipinski definition) is 3. The van der Waals surface area contributed by atoms with E-state index in [2.05, 4.69) is 22.9 Å². The van der Waals surface area contributed by atoms with Crippen molar-refractivity contribution >= 4 is 11.8 Å². The molecule has 0 spiro atoms. The van der Waals surface area contributed by atoms with Crippen molar-refractivity contribution in [3.63, 3.8) is 0 Å². The second-order valence-electron chi connectivity index (χ2n) is 5.53. The van der Waals surface area contributed by atoms with Gasteiger partial charge in [-0.25, -0.2) is 0 Å². The molecule has 0 saturated heterocycles. The molecule has 2 aromatic carbocycles. The second kappa shape index (κ2) is 6.14. The molecule has 1 aliphatic rings. The van der Waals surface area contributed by atoms with Gasteiger partial charge in [0.15, 0.2) is 5.78 Å². The molecule has 0 N–H and O–H groups in total. The van der Waals surface area contributed by atoms with Crippen LogP contribution in [0, 0.1) is 0 Å². The van der Waals surface area contributed by atoms with E-state index in [-0.39, 0.29) is 24.6 Å². The Labute approximate surface area is 129 Å². The van der Waals surface area contributed by atoms with Crippen molar-refractivity contribution in [3.8, 4) is 11.1 Å². The van der Waals surface area contributed by atoms with Crippen molar-refractivity contribution in [3.05, 3.63) is 59.2 Å². The molecule has 0 saturated carbocycles. The Morgan fingerprint density at radius 1 is 0.955 bits per heavy atom. The van der Waals surface area contributed by atoms with Gasteiger partial charge in [0.2, 0.25) is 0 Å². The van der Waals surface area contributed by atoms with Crippen molar-refractivity contribution in [1.29, 1.82) is 0 Å². The molecule has 3 rings (SSSR count). The van der Waals surface area contributed by atoms with Crippen LogP contribution < -0.4 is 0 Å². The Bertz CT molecular complexity index is 731. The molecule has 0 aliphatic heterocycles. The van der Waals surface area contributed by atoms with Gasteiger partial charge in [-0.15, -0.1) is 0 Å². The topological polar surface area (TPSA) is 43.4 Å². The molecule has 2 aromatic rings. The van der Waals surface area contributed by atoms with Crippen LogP contribution in [0.15, 0.2) is 42.5 Å². The summed E-state index contributed by atoms with van der Waals surface area (Å²) in [4.78, 5) is 23.3. The summed E-state index contributed by atoms with van der Waals surface area (Å²) in [5, 5.41) is 0. The van der Waals surface area contributed by atoms with Crippen LogP contribution in [-0.4, -0.2) is 18.9 Å². The molecule has 22 heavy (non-hydrogen) atoms. The quantitative estimate of drug-likeness (QED) is 0.639. The van der Waals surface area contributed by atoms with Crippen LogP contribution in [0.2, 0.25) is 0 Å². The van der Waals surface area contributed by atoms with Crippen LogP contribution in [0.4, 0.5) is 0 Å². The Kier molecular flexibility index (Phi) is 4.05. The number of fused-ring (bicyclic) bond motifs is 3. The minimum absolute atomic E-state index is 0.00735. The maximum Gasteiger partial charge on any atom is 0.305 e. The molecule has 3 heteroatoms. The van der Waals surface area contributed by atoms with Crippen LogP contribution in [0.5, 0.6) is 0 Å². The summed E-state index contributed by atoms with van der Waals surface area (Å²) in [5.41, 5.74) is 5.73. The van der Waals surface area contributed by atoms with Crippen molar-refractivity contribution in [2.45, 2.75) is 25.7 Å². The summed E-state index contributed by atoms with van der Waals surface area (Å²) in [7, 11) is 1.34. The van der Waals surface area contributed by atoms with E-state index in [1.807, 2.05) is 24.3 Å². The SMILES string of the molecule is COC(=O)CCC(=O)c1ccc2c(c1)CCc1ccccc1-2. The smallest absolute Gasteiger partial charge is 0.305 e. The Balaban J connectivity index is 1.84. The molecule has 0 bridgehead atoms. The van der Waals surface area contributed by atoms with Gasteiger partial charge in [-0.05, 0) is 41.2 Å². The number of aryl methyl sites for hydroxylation is 2. The number of hydrogen-bond donors (Lipinski definition) is 0. The first-order valence-electron chi connectivity index (χ1n) is 7.50. The highest BCUT2D eigenvalue weighted by atomic mass is 16.5. The summed E-state index contributed by atoms with van der Waals surface area (Å²) >= 11 is 0. The van der Waals surface area contributed by atoms with Crippen molar-refractivity contribution in [2.75, 3.05) is 7.11 Å². The predicted octanol–water partition coefficient (Wildman–Crippen LogP) is 3.59. The lowest BCUT2D eigenvalue weighted by atomic mass is 9.84. The lowest BCUT2D eigenvalue weighted by Crippen LogP contribution is -2.08. The number of ketones is 1. The highest BCUT2D eigenvalue weighted by Crippen LogP contribution is 2.33. The van der Waals surface area contributed by atoms with Gasteiger partial charge in [0.1, 0.15) is 0 Å². The first kappa shape index (κ1) is 14.5. The number of methoxy groups -OCH3 is 1. The van der Waals surface area contributed by atoms with E-state index in [9.17, 15) is 9.59 Å². The van der Waals surface area contributed by atoms with Crippen LogP contribution in [0.25, 0.3) is 11.1 Å². The maximum atomic E-state index is 12.2. The zero-order chi connectivity index (χ0) is 15.5. The zero-order valence-corrected chi connectivity index (χ0v) is 12.6. The highest BCUT2D eigenvalue weighted by molar-refractivity contribution is 5.98. The van der Waals surface area contributed by atoms with E-state index in [0.717, 1.165) is 12.8 Å². The molecule has 0 fully saturated rings. The molecule has 0 amide bonds. The normalized spacial score (nSPS) is 12.2. The number of benzene rings is 2. The van der Waals surface area contributed by atoms with Crippen LogP contribution in [0.3, 0.4) is 0 Å². The van der Waals surface area contributed by atoms with E-state index in [1.165, 1.54) is 29.4 Å². The van der Waals surface area contributed by atoms with Gasteiger partial charge < -0.3 is 4.74 Å². The van der Waals surface area contributed by atoms with Crippen LogP contribution in [0.1, 0.15) is 34.3 Å². The predicted molar refractivity (Wildman–Crippen MR) is 84.9 cm³/mol. The molecule has 0 radical (unpaired) electrons. The molecular weight excluding hydrogens is 276 g/mol.